The highest BCUT2D eigenvalue weighted by molar-refractivity contribution is 7.85. The van der Waals surface area contributed by atoms with Gasteiger partial charge in [-0.3, -0.25) is 14.2 Å². The van der Waals surface area contributed by atoms with E-state index in [9.17, 15) is 18.0 Å². The fourth-order valence-electron chi connectivity index (χ4n) is 1.46. The molecule has 0 heterocycles. The van der Waals surface area contributed by atoms with E-state index in [1.165, 1.54) is 0 Å². The third-order valence-electron chi connectivity index (χ3n) is 3.41. The number of quaternary nitrogens is 1. The van der Waals surface area contributed by atoms with Crippen molar-refractivity contribution in [3.63, 3.8) is 0 Å². The van der Waals surface area contributed by atoms with Crippen LogP contribution in [0.5, 0.6) is 0 Å². The van der Waals surface area contributed by atoms with Crippen LogP contribution >= 0.6 is 0 Å². The first-order chi connectivity index (χ1) is 11.2. The van der Waals surface area contributed by atoms with Crippen LogP contribution in [0, 0.1) is 0 Å². The van der Waals surface area contributed by atoms with Gasteiger partial charge in [0.05, 0.1) is 26.4 Å². The summed E-state index contributed by atoms with van der Waals surface area (Å²) in [6, 6.07) is -0.380. The molecule has 1 unspecified atom stereocenters. The summed E-state index contributed by atoms with van der Waals surface area (Å²) in [7, 11) is 3.37. The molecule has 0 aromatic carbocycles. The first kappa shape index (κ1) is 25.7. The quantitative estimate of drug-likeness (QED) is 0.236. The van der Waals surface area contributed by atoms with Gasteiger partial charge in [0.15, 0.2) is 0 Å². The molecule has 0 aliphatic heterocycles. The minimum atomic E-state index is -3.89. The van der Waals surface area contributed by atoms with E-state index in [4.69, 9.17) is 14.4 Å². The van der Waals surface area contributed by atoms with Gasteiger partial charge in [-0.2, -0.15) is 8.42 Å². The van der Waals surface area contributed by atoms with Crippen LogP contribution in [-0.4, -0.2) is 99.1 Å². The van der Waals surface area contributed by atoms with Crippen molar-refractivity contribution in [2.75, 3.05) is 53.6 Å². The summed E-state index contributed by atoms with van der Waals surface area (Å²) in [5.74, 6) is -1.50. The van der Waals surface area contributed by atoms with Gasteiger partial charge in [0.1, 0.15) is 19.2 Å². The molecular formula is C15H31N2O7S+. The third-order valence-corrected chi connectivity index (χ3v) is 4.21. The highest BCUT2D eigenvalue weighted by Gasteiger charge is 2.17. The minimum Gasteiger partial charge on any atom is -0.480 e. The van der Waals surface area contributed by atoms with Crippen LogP contribution in [0.4, 0.5) is 0 Å². The molecule has 0 aliphatic rings. The van der Waals surface area contributed by atoms with Crippen molar-refractivity contribution in [2.45, 2.75) is 19.4 Å². The zero-order valence-electron chi connectivity index (χ0n) is 15.6. The minimum absolute atomic E-state index is 0.249. The number of aliphatic carboxylic acids is 1. The van der Waals surface area contributed by atoms with Crippen molar-refractivity contribution in [1.29, 1.82) is 0 Å². The van der Waals surface area contributed by atoms with E-state index in [0.717, 1.165) is 6.08 Å². The Morgan fingerprint density at radius 2 is 1.80 bits per heavy atom. The van der Waals surface area contributed by atoms with Crippen LogP contribution in [0.1, 0.15) is 13.3 Å². The SMILES string of the molecule is C=CC(=O)OCC[N+](C)(C)CCCS(=O)(=O)O.CC(C(=O)O)N(C)C. The highest BCUT2D eigenvalue weighted by atomic mass is 32.2. The van der Waals surface area contributed by atoms with E-state index in [0.29, 0.717) is 24.0 Å². The van der Waals surface area contributed by atoms with E-state index in [-0.39, 0.29) is 18.4 Å². The molecule has 0 amide bonds. The highest BCUT2D eigenvalue weighted by Crippen LogP contribution is 2.01. The normalized spacial score (nSPS) is 12.8. The number of likely N-dealkylation sites (N-methyl/N-ethyl adjacent to an activating group) is 2. The predicted octanol–water partition coefficient (Wildman–Crippen LogP) is 0.0910. The molecule has 0 spiro atoms. The van der Waals surface area contributed by atoms with E-state index in [1.807, 2.05) is 14.1 Å². The summed E-state index contributed by atoms with van der Waals surface area (Å²) < 4.78 is 35.0. The second kappa shape index (κ2) is 12.0. The smallest absolute Gasteiger partial charge is 0.330 e. The topological polar surface area (TPSA) is 121 Å². The number of carbonyl (C=O) groups is 2. The predicted molar refractivity (Wildman–Crippen MR) is 94.8 cm³/mol. The monoisotopic (exact) mass is 383 g/mol. The zero-order valence-corrected chi connectivity index (χ0v) is 16.5. The molecule has 1 atom stereocenters. The van der Waals surface area contributed by atoms with Crippen molar-refractivity contribution < 1.29 is 36.9 Å². The Labute approximate surface area is 150 Å². The fourth-order valence-corrected chi connectivity index (χ4v) is 1.95. The zero-order chi connectivity index (χ0) is 20.3. The molecule has 10 heteroatoms. The molecule has 0 rings (SSSR count). The maximum absolute atomic E-state index is 10.8. The second-order valence-corrected chi connectivity index (χ2v) is 7.94. The standard InChI is InChI=1S/C10H19NO5S.C5H11NO2/c1-4-10(12)16-8-7-11(2,3)6-5-9-17(13,14)15;1-4(5(7)8)6(2)3/h4H,1,5-9H2,2-3H3;4H,1-3H3,(H,7,8)/p+1. The maximum atomic E-state index is 10.8. The fraction of sp³-hybridized carbons (Fsp3) is 0.733. The summed E-state index contributed by atoms with van der Waals surface area (Å²) in [6.07, 6.45) is 1.46. The Hall–Kier alpha value is -1.49. The molecule has 0 bridgehead atoms. The molecule has 9 nitrogen and oxygen atoms in total. The maximum Gasteiger partial charge on any atom is 0.330 e. The lowest BCUT2D eigenvalue weighted by Crippen LogP contribution is -2.43. The number of hydrogen-bond acceptors (Lipinski definition) is 6. The number of hydrogen-bond donors (Lipinski definition) is 2. The summed E-state index contributed by atoms with van der Waals surface area (Å²) in [6.45, 7) is 6.32. The van der Waals surface area contributed by atoms with E-state index < -0.39 is 22.1 Å². The van der Waals surface area contributed by atoms with Gasteiger partial charge >= 0.3 is 11.9 Å². The average Bonchev–Trinajstić information content (AvgIpc) is 2.44. The van der Waals surface area contributed by atoms with Crippen molar-refractivity contribution in [1.82, 2.24) is 4.90 Å². The molecule has 0 aromatic heterocycles. The lowest BCUT2D eigenvalue weighted by Gasteiger charge is -2.29. The molecule has 0 saturated heterocycles. The van der Waals surface area contributed by atoms with Gasteiger partial charge in [-0.1, -0.05) is 6.58 Å². The number of carboxylic acid groups (broad SMARTS) is 1. The van der Waals surface area contributed by atoms with Crippen LogP contribution in [0.15, 0.2) is 12.7 Å². The number of rotatable bonds is 10. The van der Waals surface area contributed by atoms with Crippen molar-refractivity contribution in [2.24, 2.45) is 0 Å². The Morgan fingerprint density at radius 1 is 1.28 bits per heavy atom. The molecule has 2 N–H and O–H groups in total. The number of carboxylic acids is 1. The number of ether oxygens (including phenoxy) is 1. The Kier molecular flexibility index (Phi) is 12.3. The average molecular weight is 383 g/mol. The summed E-state index contributed by atoms with van der Waals surface area (Å²) >= 11 is 0. The molecule has 0 fully saturated rings. The third kappa shape index (κ3) is 17.1. The van der Waals surface area contributed by atoms with E-state index in [1.54, 1.807) is 25.9 Å². The van der Waals surface area contributed by atoms with Crippen molar-refractivity contribution in [3.05, 3.63) is 12.7 Å². The molecular weight excluding hydrogens is 352 g/mol. The lowest BCUT2D eigenvalue weighted by atomic mass is 10.3. The first-order valence-electron chi connectivity index (χ1n) is 7.67. The molecule has 25 heavy (non-hydrogen) atoms. The molecule has 0 aromatic rings. The van der Waals surface area contributed by atoms with Crippen LogP contribution in [-0.2, 0) is 24.4 Å². The van der Waals surface area contributed by atoms with Crippen molar-refractivity contribution in [3.8, 4) is 0 Å². The molecule has 0 radical (unpaired) electrons. The largest absolute Gasteiger partial charge is 0.480 e. The molecule has 0 saturated carbocycles. The van der Waals surface area contributed by atoms with Crippen LogP contribution in [0.2, 0.25) is 0 Å². The van der Waals surface area contributed by atoms with Gasteiger partial charge in [-0.15, -0.1) is 0 Å². The lowest BCUT2D eigenvalue weighted by molar-refractivity contribution is -0.890. The Bertz CT molecular complexity index is 530. The number of esters is 1. The van der Waals surface area contributed by atoms with E-state index in [2.05, 4.69) is 6.58 Å². The Balaban J connectivity index is 0. The van der Waals surface area contributed by atoms with Crippen LogP contribution in [0.3, 0.4) is 0 Å². The van der Waals surface area contributed by atoms with Crippen molar-refractivity contribution >= 4 is 22.1 Å². The second-order valence-electron chi connectivity index (χ2n) is 6.37. The van der Waals surface area contributed by atoms with Gasteiger partial charge in [0.25, 0.3) is 10.1 Å². The Morgan fingerprint density at radius 3 is 2.12 bits per heavy atom. The number of carbonyl (C=O) groups excluding carboxylic acids is 1. The summed E-state index contributed by atoms with van der Waals surface area (Å²) in [5.41, 5.74) is 0. The van der Waals surface area contributed by atoms with Gasteiger partial charge in [-0.25, -0.2) is 4.79 Å². The van der Waals surface area contributed by atoms with E-state index >= 15 is 0 Å². The summed E-state index contributed by atoms with van der Waals surface area (Å²) in [4.78, 5) is 22.5. The van der Waals surface area contributed by atoms with Crippen LogP contribution < -0.4 is 0 Å². The van der Waals surface area contributed by atoms with Crippen LogP contribution in [0.25, 0.3) is 0 Å². The summed E-state index contributed by atoms with van der Waals surface area (Å²) in [5, 5.41) is 8.31. The first-order valence-corrected chi connectivity index (χ1v) is 9.28. The van der Waals surface area contributed by atoms with Gasteiger partial charge in [0.2, 0.25) is 0 Å². The van der Waals surface area contributed by atoms with Gasteiger partial charge in [-0.05, 0) is 21.0 Å². The van der Waals surface area contributed by atoms with Gasteiger partial charge in [0, 0.05) is 12.5 Å². The number of nitrogens with zero attached hydrogens (tertiary/aromatic N) is 2. The van der Waals surface area contributed by atoms with Gasteiger partial charge < -0.3 is 14.3 Å². The molecule has 0 aliphatic carbocycles. The molecule has 148 valence electrons.